The first kappa shape index (κ1) is 15.1. The predicted octanol–water partition coefficient (Wildman–Crippen LogP) is 0.0221. The Morgan fingerprint density at radius 1 is 1.30 bits per heavy atom. The zero-order valence-corrected chi connectivity index (χ0v) is 13.0. The minimum absolute atomic E-state index is 0.244. The summed E-state index contributed by atoms with van der Waals surface area (Å²) in [5, 5.41) is 20.2. The van der Waals surface area contributed by atoms with Gasteiger partial charge in [0.25, 0.3) is 0 Å². The summed E-state index contributed by atoms with van der Waals surface area (Å²) in [4.78, 5) is 14.8. The Bertz CT molecular complexity index is 590. The van der Waals surface area contributed by atoms with Gasteiger partial charge >= 0.3 is 5.97 Å². The predicted molar refractivity (Wildman–Crippen MR) is 80.5 cm³/mol. The molecule has 1 aromatic carbocycles. The number of esters is 1. The summed E-state index contributed by atoms with van der Waals surface area (Å²) in [6.45, 7) is -0.705. The molecule has 1 aromatic rings. The van der Waals surface area contributed by atoms with Gasteiger partial charge in [0.15, 0.2) is 0 Å². The van der Waals surface area contributed by atoms with Gasteiger partial charge in [-0.15, -0.1) is 0 Å². The van der Waals surface area contributed by atoms with Crippen molar-refractivity contribution < 1.29 is 24.5 Å². The average molecular weight is 319 g/mol. The molecule has 6 heteroatoms. The first-order valence-corrected chi connectivity index (χ1v) is 8.02. The van der Waals surface area contributed by atoms with Crippen molar-refractivity contribution in [3.05, 3.63) is 35.9 Å². The van der Waals surface area contributed by atoms with Crippen LogP contribution in [-0.2, 0) is 19.9 Å². The molecule has 1 unspecified atom stereocenters. The van der Waals surface area contributed by atoms with Crippen molar-refractivity contribution in [1.29, 1.82) is 0 Å². The van der Waals surface area contributed by atoms with Gasteiger partial charge in [0.05, 0.1) is 6.61 Å². The number of morpholine rings is 1. The number of aliphatic hydroxyl groups is 2. The Morgan fingerprint density at radius 3 is 2.48 bits per heavy atom. The lowest BCUT2D eigenvalue weighted by molar-refractivity contribution is -0.181. The van der Waals surface area contributed by atoms with Crippen LogP contribution in [0.1, 0.15) is 18.4 Å². The summed E-state index contributed by atoms with van der Waals surface area (Å²) < 4.78 is 11.2. The molecule has 23 heavy (non-hydrogen) atoms. The Morgan fingerprint density at radius 2 is 1.91 bits per heavy atom. The van der Waals surface area contributed by atoms with E-state index in [1.165, 1.54) is 0 Å². The number of ether oxygens (including phenoxy) is 2. The number of carbonyl (C=O) groups excluding carboxylic acids is 1. The van der Waals surface area contributed by atoms with E-state index in [2.05, 4.69) is 11.9 Å². The van der Waals surface area contributed by atoms with Crippen LogP contribution in [0.5, 0.6) is 0 Å². The van der Waals surface area contributed by atoms with Crippen molar-refractivity contribution in [1.82, 2.24) is 4.90 Å². The van der Waals surface area contributed by atoms with Crippen molar-refractivity contribution in [2.24, 2.45) is 0 Å². The van der Waals surface area contributed by atoms with Crippen molar-refractivity contribution in [3.8, 4) is 0 Å². The molecule has 3 aliphatic heterocycles. The smallest absolute Gasteiger partial charge is 0.345 e. The highest BCUT2D eigenvalue weighted by molar-refractivity contribution is 5.81. The van der Waals surface area contributed by atoms with Gasteiger partial charge in [0.1, 0.15) is 18.3 Å². The van der Waals surface area contributed by atoms with E-state index >= 15 is 0 Å². The lowest BCUT2D eigenvalue weighted by Crippen LogP contribution is -2.50. The van der Waals surface area contributed by atoms with Crippen LogP contribution in [0.25, 0.3) is 0 Å². The zero-order chi connectivity index (χ0) is 16.2. The van der Waals surface area contributed by atoms with E-state index in [1.807, 2.05) is 0 Å². The number of piperidine rings is 1. The SMILES string of the molecule is CN1[C@@H]2CC(OC(=O)[C@@](O)(CO)c3ccccc3)C[C@H]1[C@@H]1O[C@H]12. The van der Waals surface area contributed by atoms with Gasteiger partial charge in [-0.2, -0.15) is 0 Å². The summed E-state index contributed by atoms with van der Waals surface area (Å²) in [5.74, 6) is -0.783. The van der Waals surface area contributed by atoms with E-state index < -0.39 is 18.2 Å². The van der Waals surface area contributed by atoms with E-state index in [9.17, 15) is 15.0 Å². The van der Waals surface area contributed by atoms with Gasteiger partial charge in [-0.1, -0.05) is 30.3 Å². The maximum absolute atomic E-state index is 12.5. The number of hydrogen-bond acceptors (Lipinski definition) is 6. The monoisotopic (exact) mass is 319 g/mol. The fourth-order valence-electron chi connectivity index (χ4n) is 4.03. The highest BCUT2D eigenvalue weighted by Crippen LogP contribution is 2.48. The van der Waals surface area contributed by atoms with Crippen LogP contribution in [0.4, 0.5) is 0 Å². The molecule has 6 nitrogen and oxygen atoms in total. The molecular weight excluding hydrogens is 298 g/mol. The molecule has 2 N–H and O–H groups in total. The second-order valence-corrected chi connectivity index (χ2v) is 6.75. The molecule has 0 aliphatic carbocycles. The number of rotatable bonds is 4. The normalized spacial score (nSPS) is 37.8. The van der Waals surface area contributed by atoms with E-state index in [1.54, 1.807) is 30.3 Å². The summed E-state index contributed by atoms with van der Waals surface area (Å²) in [6.07, 6.45) is 1.69. The largest absolute Gasteiger partial charge is 0.460 e. The van der Waals surface area contributed by atoms with Crippen molar-refractivity contribution in [2.75, 3.05) is 13.7 Å². The highest BCUT2D eigenvalue weighted by Gasteiger charge is 2.63. The quantitative estimate of drug-likeness (QED) is 0.601. The molecule has 3 heterocycles. The molecule has 124 valence electrons. The third kappa shape index (κ3) is 2.29. The molecule has 3 aliphatic rings. The molecule has 0 amide bonds. The van der Waals surface area contributed by atoms with E-state index in [-0.39, 0.29) is 30.4 Å². The van der Waals surface area contributed by atoms with Gasteiger partial charge in [0, 0.05) is 24.9 Å². The van der Waals surface area contributed by atoms with Gasteiger partial charge in [-0.25, -0.2) is 4.79 Å². The average Bonchev–Trinajstić information content (AvgIpc) is 3.33. The van der Waals surface area contributed by atoms with E-state index in [0.717, 1.165) is 0 Å². The number of nitrogens with zero attached hydrogens (tertiary/aromatic N) is 1. The van der Waals surface area contributed by atoms with Crippen LogP contribution >= 0.6 is 0 Å². The fourth-order valence-corrected chi connectivity index (χ4v) is 4.03. The Labute approximate surface area is 134 Å². The summed E-state index contributed by atoms with van der Waals surface area (Å²) in [7, 11) is 2.08. The third-order valence-electron chi connectivity index (χ3n) is 5.47. The first-order valence-electron chi connectivity index (χ1n) is 8.02. The van der Waals surface area contributed by atoms with Crippen LogP contribution in [0.3, 0.4) is 0 Å². The lowest BCUT2D eigenvalue weighted by Gasteiger charge is -2.38. The molecule has 3 saturated heterocycles. The number of aliphatic hydroxyl groups excluding tert-OH is 1. The van der Waals surface area contributed by atoms with Crippen LogP contribution in [0.15, 0.2) is 30.3 Å². The fraction of sp³-hybridized carbons (Fsp3) is 0.588. The highest BCUT2D eigenvalue weighted by atomic mass is 16.6. The van der Waals surface area contributed by atoms with Gasteiger partial charge in [-0.3, -0.25) is 4.90 Å². The minimum atomic E-state index is -2.01. The summed E-state index contributed by atoms with van der Waals surface area (Å²) in [5.41, 5.74) is -1.67. The van der Waals surface area contributed by atoms with Crippen LogP contribution in [0, 0.1) is 0 Å². The van der Waals surface area contributed by atoms with Crippen molar-refractivity contribution in [3.63, 3.8) is 0 Å². The summed E-state index contributed by atoms with van der Waals surface area (Å²) >= 11 is 0. The van der Waals surface area contributed by atoms with Crippen LogP contribution in [0.2, 0.25) is 0 Å². The molecule has 0 saturated carbocycles. The van der Waals surface area contributed by atoms with Gasteiger partial charge < -0.3 is 19.7 Å². The number of benzene rings is 1. The minimum Gasteiger partial charge on any atom is -0.460 e. The molecule has 0 radical (unpaired) electrons. The van der Waals surface area contributed by atoms with Crippen molar-refractivity contribution >= 4 is 5.97 Å². The molecular formula is C17H21NO5. The number of carbonyl (C=O) groups is 1. The maximum atomic E-state index is 12.5. The first-order chi connectivity index (χ1) is 11.0. The third-order valence-corrected chi connectivity index (χ3v) is 5.47. The van der Waals surface area contributed by atoms with Gasteiger partial charge in [-0.05, 0) is 12.6 Å². The molecule has 0 aromatic heterocycles. The van der Waals surface area contributed by atoms with E-state index in [0.29, 0.717) is 18.4 Å². The number of likely N-dealkylation sites (N-methyl/N-ethyl adjacent to an activating group) is 1. The second kappa shape index (κ2) is 5.27. The number of fused-ring (bicyclic) bond motifs is 5. The van der Waals surface area contributed by atoms with Crippen LogP contribution in [-0.4, -0.2) is 65.1 Å². The molecule has 3 fully saturated rings. The Balaban J connectivity index is 1.47. The Kier molecular flexibility index (Phi) is 3.46. The molecule has 2 bridgehead atoms. The zero-order valence-electron chi connectivity index (χ0n) is 13.0. The maximum Gasteiger partial charge on any atom is 0.345 e. The lowest BCUT2D eigenvalue weighted by atomic mass is 9.94. The van der Waals surface area contributed by atoms with E-state index in [4.69, 9.17) is 9.47 Å². The Hall–Kier alpha value is -1.47. The molecule has 4 rings (SSSR count). The number of hydrogen-bond donors (Lipinski definition) is 2. The molecule has 0 spiro atoms. The van der Waals surface area contributed by atoms with Crippen LogP contribution < -0.4 is 0 Å². The molecule has 6 atom stereocenters. The van der Waals surface area contributed by atoms with Crippen molar-refractivity contribution in [2.45, 2.75) is 48.8 Å². The standard InChI is InChI=1S/C17H21NO5/c1-18-12-7-11(8-13(18)15-14(12)23-15)22-16(20)17(21,9-19)10-5-3-2-4-6-10/h2-6,11-15,19,21H,7-9H2,1H3/t11?,12-,13+,14-,15-,17+/m0/s1. The second-order valence-electron chi connectivity index (χ2n) is 6.75. The van der Waals surface area contributed by atoms with Gasteiger partial charge in [0.2, 0.25) is 5.60 Å². The summed E-state index contributed by atoms with van der Waals surface area (Å²) in [6, 6.07) is 8.98. The topological polar surface area (TPSA) is 82.5 Å². The number of epoxide rings is 1.